The smallest absolute Gasteiger partial charge is 0.137 e. The predicted octanol–water partition coefficient (Wildman–Crippen LogP) is 2.92. The van der Waals surface area contributed by atoms with E-state index in [-0.39, 0.29) is 0 Å². The zero-order valence-corrected chi connectivity index (χ0v) is 9.71. The molecule has 1 aromatic heterocycles. The summed E-state index contributed by atoms with van der Waals surface area (Å²) in [6.45, 7) is 1.01. The number of hydrogen-bond donors (Lipinski definition) is 0. The highest BCUT2D eigenvalue weighted by Gasteiger charge is 2.20. The van der Waals surface area contributed by atoms with E-state index in [2.05, 4.69) is 45.5 Å². The molecule has 0 N–H and O–H groups in total. The normalized spacial score (nSPS) is 14.1. The Morgan fingerprint density at radius 3 is 2.89 bits per heavy atom. The van der Waals surface area contributed by atoms with Crippen molar-refractivity contribution in [2.24, 2.45) is 0 Å². The van der Waals surface area contributed by atoms with E-state index in [0.717, 1.165) is 29.7 Å². The first kappa shape index (κ1) is 9.65. The molecule has 4 heteroatoms. The molecule has 2 heterocycles. The van der Waals surface area contributed by atoms with Crippen LogP contribution in [-0.2, 0) is 6.42 Å². The SMILES string of the molecule is c1ccc2c(c1)CCN2c1ccc2nonc2c1. The molecule has 0 unspecified atom stereocenters. The third-order valence-corrected chi connectivity index (χ3v) is 3.44. The second-order valence-electron chi connectivity index (χ2n) is 4.47. The van der Waals surface area contributed by atoms with Gasteiger partial charge in [-0.1, -0.05) is 18.2 Å². The van der Waals surface area contributed by atoms with Crippen molar-refractivity contribution in [1.82, 2.24) is 10.3 Å². The van der Waals surface area contributed by atoms with Crippen molar-refractivity contribution in [3.05, 3.63) is 48.0 Å². The summed E-state index contributed by atoms with van der Waals surface area (Å²) in [4.78, 5) is 2.31. The Kier molecular flexibility index (Phi) is 1.91. The number of nitrogens with zero attached hydrogens (tertiary/aromatic N) is 3. The average molecular weight is 237 g/mol. The zero-order valence-electron chi connectivity index (χ0n) is 9.71. The van der Waals surface area contributed by atoms with Gasteiger partial charge in [0.25, 0.3) is 0 Å². The Balaban J connectivity index is 1.84. The van der Waals surface area contributed by atoms with Gasteiger partial charge in [-0.3, -0.25) is 0 Å². The van der Waals surface area contributed by atoms with Crippen molar-refractivity contribution in [3.63, 3.8) is 0 Å². The highest BCUT2D eigenvalue weighted by molar-refractivity contribution is 5.81. The standard InChI is InChI=1S/C14H11N3O/c1-2-4-14-10(3-1)7-8-17(14)11-5-6-12-13(9-11)16-18-15-12/h1-6,9H,7-8H2. The Morgan fingerprint density at radius 1 is 1.00 bits per heavy atom. The minimum atomic E-state index is 0.797. The Morgan fingerprint density at radius 2 is 1.89 bits per heavy atom. The van der Waals surface area contributed by atoms with E-state index >= 15 is 0 Å². The van der Waals surface area contributed by atoms with Crippen LogP contribution in [0.5, 0.6) is 0 Å². The topological polar surface area (TPSA) is 42.2 Å². The van der Waals surface area contributed by atoms with Crippen LogP contribution in [0.3, 0.4) is 0 Å². The second-order valence-corrected chi connectivity index (χ2v) is 4.47. The van der Waals surface area contributed by atoms with Crippen LogP contribution in [0.4, 0.5) is 11.4 Å². The molecule has 4 rings (SSSR count). The molecule has 4 nitrogen and oxygen atoms in total. The van der Waals surface area contributed by atoms with Crippen molar-refractivity contribution < 1.29 is 4.63 Å². The van der Waals surface area contributed by atoms with Gasteiger partial charge in [-0.15, -0.1) is 0 Å². The molecule has 0 bridgehead atoms. The van der Waals surface area contributed by atoms with Crippen LogP contribution >= 0.6 is 0 Å². The van der Waals surface area contributed by atoms with Crippen LogP contribution in [0, 0.1) is 0 Å². The summed E-state index contributed by atoms with van der Waals surface area (Å²) >= 11 is 0. The first-order valence-electron chi connectivity index (χ1n) is 5.99. The Labute approximate surface area is 104 Å². The van der Waals surface area contributed by atoms with Gasteiger partial charge < -0.3 is 4.90 Å². The first-order valence-corrected chi connectivity index (χ1v) is 5.99. The molecule has 0 saturated heterocycles. The number of hydrogen-bond acceptors (Lipinski definition) is 4. The number of aromatic nitrogens is 2. The highest BCUT2D eigenvalue weighted by Crippen LogP contribution is 2.34. The molecule has 0 amide bonds. The minimum absolute atomic E-state index is 0.797. The number of anilines is 2. The molecule has 88 valence electrons. The summed E-state index contributed by atoms with van der Waals surface area (Å²) in [6, 6.07) is 14.5. The van der Waals surface area contributed by atoms with Crippen LogP contribution < -0.4 is 4.90 Å². The minimum Gasteiger partial charge on any atom is -0.341 e. The van der Waals surface area contributed by atoms with Gasteiger partial charge >= 0.3 is 0 Å². The molecular weight excluding hydrogens is 226 g/mol. The van der Waals surface area contributed by atoms with Gasteiger partial charge in [-0.25, -0.2) is 4.63 Å². The van der Waals surface area contributed by atoms with E-state index in [9.17, 15) is 0 Å². The zero-order chi connectivity index (χ0) is 11.9. The van der Waals surface area contributed by atoms with E-state index < -0.39 is 0 Å². The maximum Gasteiger partial charge on any atom is 0.137 e. The molecule has 0 radical (unpaired) electrons. The van der Waals surface area contributed by atoms with E-state index in [1.54, 1.807) is 0 Å². The fraction of sp³-hybridized carbons (Fsp3) is 0.143. The maximum absolute atomic E-state index is 4.73. The third kappa shape index (κ3) is 1.32. The molecule has 0 spiro atoms. The van der Waals surface area contributed by atoms with Crippen molar-refractivity contribution in [1.29, 1.82) is 0 Å². The van der Waals surface area contributed by atoms with Crippen molar-refractivity contribution in [2.45, 2.75) is 6.42 Å². The van der Waals surface area contributed by atoms with Gasteiger partial charge in [0.15, 0.2) is 0 Å². The number of benzene rings is 2. The van der Waals surface area contributed by atoms with Crippen molar-refractivity contribution in [3.8, 4) is 0 Å². The first-order chi connectivity index (χ1) is 8.92. The summed E-state index contributed by atoms with van der Waals surface area (Å²) < 4.78 is 4.73. The molecule has 0 aliphatic carbocycles. The third-order valence-electron chi connectivity index (χ3n) is 3.44. The molecule has 0 saturated carbocycles. The summed E-state index contributed by atoms with van der Waals surface area (Å²) in [5.74, 6) is 0. The summed E-state index contributed by atoms with van der Waals surface area (Å²) in [5, 5.41) is 7.72. The fourth-order valence-electron chi connectivity index (χ4n) is 2.54. The predicted molar refractivity (Wildman–Crippen MR) is 69.0 cm³/mol. The van der Waals surface area contributed by atoms with Crippen molar-refractivity contribution in [2.75, 3.05) is 11.4 Å². The monoisotopic (exact) mass is 237 g/mol. The summed E-state index contributed by atoms with van der Waals surface area (Å²) in [6.07, 6.45) is 1.09. The van der Waals surface area contributed by atoms with E-state index in [0.29, 0.717) is 0 Å². The second kappa shape index (κ2) is 3.57. The van der Waals surface area contributed by atoms with Gasteiger partial charge in [0.05, 0.1) is 0 Å². The largest absolute Gasteiger partial charge is 0.341 e. The number of para-hydroxylation sites is 1. The molecule has 0 atom stereocenters. The van der Waals surface area contributed by atoms with Crippen LogP contribution in [0.2, 0.25) is 0 Å². The van der Waals surface area contributed by atoms with Crippen LogP contribution in [0.25, 0.3) is 11.0 Å². The molecule has 18 heavy (non-hydrogen) atoms. The lowest BCUT2D eigenvalue weighted by molar-refractivity contribution is 0.315. The van der Waals surface area contributed by atoms with E-state index in [1.807, 2.05) is 12.1 Å². The molecule has 2 aromatic carbocycles. The molecule has 1 aliphatic rings. The Bertz CT molecular complexity index is 720. The average Bonchev–Trinajstić information content (AvgIpc) is 3.04. The van der Waals surface area contributed by atoms with E-state index in [1.165, 1.54) is 11.3 Å². The highest BCUT2D eigenvalue weighted by atomic mass is 16.6. The summed E-state index contributed by atoms with van der Waals surface area (Å²) in [7, 11) is 0. The van der Waals surface area contributed by atoms with Crippen LogP contribution in [0.15, 0.2) is 47.1 Å². The maximum atomic E-state index is 4.73. The lowest BCUT2D eigenvalue weighted by atomic mass is 10.2. The molecule has 3 aromatic rings. The van der Waals surface area contributed by atoms with E-state index in [4.69, 9.17) is 4.63 Å². The van der Waals surface area contributed by atoms with Gasteiger partial charge in [-0.2, -0.15) is 0 Å². The number of rotatable bonds is 1. The van der Waals surface area contributed by atoms with Crippen LogP contribution in [-0.4, -0.2) is 16.9 Å². The summed E-state index contributed by atoms with van der Waals surface area (Å²) in [5.41, 5.74) is 5.43. The Hall–Kier alpha value is -2.36. The van der Waals surface area contributed by atoms with Gasteiger partial charge in [0.2, 0.25) is 0 Å². The quantitative estimate of drug-likeness (QED) is 0.652. The van der Waals surface area contributed by atoms with Crippen molar-refractivity contribution >= 4 is 22.4 Å². The lowest BCUT2D eigenvalue weighted by Crippen LogP contribution is -2.12. The van der Waals surface area contributed by atoms with Gasteiger partial charge in [-0.05, 0) is 46.6 Å². The lowest BCUT2D eigenvalue weighted by Gasteiger charge is -2.19. The number of fused-ring (bicyclic) bond motifs is 2. The molecule has 1 aliphatic heterocycles. The fourth-order valence-corrected chi connectivity index (χ4v) is 2.54. The van der Waals surface area contributed by atoms with Gasteiger partial charge in [0.1, 0.15) is 11.0 Å². The van der Waals surface area contributed by atoms with Gasteiger partial charge in [0, 0.05) is 17.9 Å². The molecule has 0 fully saturated rings. The molecular formula is C14H11N3O. The van der Waals surface area contributed by atoms with Crippen LogP contribution in [0.1, 0.15) is 5.56 Å².